The van der Waals surface area contributed by atoms with E-state index in [1.807, 2.05) is 0 Å². The molecule has 5 N–H and O–H groups in total. The van der Waals surface area contributed by atoms with Crippen LogP contribution in [0.5, 0.6) is 0 Å². The fourth-order valence-electron chi connectivity index (χ4n) is 2.13. The summed E-state index contributed by atoms with van der Waals surface area (Å²) in [6.45, 7) is 4.22. The van der Waals surface area contributed by atoms with Gasteiger partial charge in [0.05, 0.1) is 18.5 Å². The molecule has 0 fully saturated rings. The lowest BCUT2D eigenvalue weighted by Crippen LogP contribution is -2.51. The number of benzene rings is 1. The van der Waals surface area contributed by atoms with Gasteiger partial charge in [-0.1, -0.05) is 18.2 Å². The first-order valence-corrected chi connectivity index (χ1v) is 8.93. The van der Waals surface area contributed by atoms with Crippen LogP contribution in [0.2, 0.25) is 0 Å². The summed E-state index contributed by atoms with van der Waals surface area (Å²) in [4.78, 5) is 58.8. The number of aliphatic carboxylic acids is 1. The Bertz CT molecular complexity index is 789. The van der Waals surface area contributed by atoms with Crippen molar-refractivity contribution in [3.8, 4) is 0 Å². The molecule has 0 heterocycles. The second-order valence-corrected chi connectivity index (χ2v) is 7.21. The van der Waals surface area contributed by atoms with Gasteiger partial charge < -0.3 is 30.9 Å². The quantitative estimate of drug-likeness (QED) is 0.407. The molecule has 0 bridgehead atoms. The van der Waals surface area contributed by atoms with Crippen molar-refractivity contribution in [3.05, 3.63) is 35.9 Å². The van der Waals surface area contributed by atoms with Gasteiger partial charge in [-0.15, -0.1) is 0 Å². The maximum absolute atomic E-state index is 12.3. The predicted molar refractivity (Wildman–Crippen MR) is 103 cm³/mol. The van der Waals surface area contributed by atoms with Crippen molar-refractivity contribution >= 4 is 29.8 Å². The molecule has 11 heteroatoms. The third kappa shape index (κ3) is 9.04. The van der Waals surface area contributed by atoms with Gasteiger partial charge >= 0.3 is 18.0 Å². The van der Waals surface area contributed by atoms with Crippen molar-refractivity contribution < 1.29 is 38.6 Å². The third-order valence-electron chi connectivity index (χ3n) is 3.41. The Balaban J connectivity index is 2.75. The van der Waals surface area contributed by atoms with Crippen LogP contribution >= 0.6 is 0 Å². The van der Waals surface area contributed by atoms with Crippen LogP contribution in [-0.2, 0) is 23.9 Å². The second-order valence-electron chi connectivity index (χ2n) is 7.21. The van der Waals surface area contributed by atoms with Gasteiger partial charge in [0, 0.05) is 0 Å². The van der Waals surface area contributed by atoms with Gasteiger partial charge in [-0.05, 0) is 32.9 Å². The molecule has 0 unspecified atom stereocenters. The summed E-state index contributed by atoms with van der Waals surface area (Å²) in [6, 6.07) is 6.29. The fourth-order valence-corrected chi connectivity index (χ4v) is 2.13. The number of carbonyl (C=O) groups is 5. The summed E-state index contributed by atoms with van der Waals surface area (Å²) in [5.41, 5.74) is 4.38. The molecule has 1 aromatic carbocycles. The van der Waals surface area contributed by atoms with Gasteiger partial charge in [0.25, 0.3) is 0 Å². The van der Waals surface area contributed by atoms with Crippen LogP contribution in [0.15, 0.2) is 30.3 Å². The maximum Gasteiger partial charge on any atom is 0.408 e. The Morgan fingerprint density at radius 2 is 1.70 bits per heavy atom. The van der Waals surface area contributed by atoms with E-state index in [2.05, 4.69) is 10.6 Å². The highest BCUT2D eigenvalue weighted by atomic mass is 16.6. The molecule has 0 saturated carbocycles. The minimum atomic E-state index is -1.70. The summed E-state index contributed by atoms with van der Waals surface area (Å²) in [5.74, 6) is -4.16. The monoisotopic (exact) mass is 423 g/mol. The van der Waals surface area contributed by atoms with E-state index in [9.17, 15) is 29.1 Å². The average Bonchev–Trinajstić information content (AvgIpc) is 2.62. The number of rotatable bonds is 9. The van der Waals surface area contributed by atoms with Gasteiger partial charge in [-0.3, -0.25) is 9.59 Å². The van der Waals surface area contributed by atoms with Gasteiger partial charge in [0.2, 0.25) is 17.9 Å². The van der Waals surface area contributed by atoms with E-state index in [-0.39, 0.29) is 5.56 Å². The van der Waals surface area contributed by atoms with Gasteiger partial charge in [0.1, 0.15) is 11.6 Å². The molecule has 0 saturated heterocycles. The number of nitrogens with one attached hydrogen (secondary N) is 2. The molecular weight excluding hydrogens is 398 g/mol. The number of hydrogen-bond donors (Lipinski definition) is 4. The van der Waals surface area contributed by atoms with Crippen LogP contribution < -0.4 is 16.4 Å². The smallest absolute Gasteiger partial charge is 0.408 e. The number of carboxylic acids is 1. The lowest BCUT2D eigenvalue weighted by Gasteiger charge is -2.23. The SMILES string of the molecule is CC(C)(C)OC(=O)N[C@@H](CC(N)=O)C(=O)NC[C@@H](OC(=O)c1ccccc1)C(=O)O. The van der Waals surface area contributed by atoms with E-state index in [0.29, 0.717) is 0 Å². The van der Waals surface area contributed by atoms with Gasteiger partial charge in [-0.2, -0.15) is 0 Å². The zero-order valence-corrected chi connectivity index (χ0v) is 16.8. The van der Waals surface area contributed by atoms with Crippen LogP contribution in [0.1, 0.15) is 37.6 Å². The van der Waals surface area contributed by atoms with Crippen LogP contribution in [0.4, 0.5) is 4.79 Å². The first kappa shape index (κ1) is 24.4. The first-order chi connectivity index (χ1) is 13.9. The molecule has 0 aliphatic heterocycles. The molecular formula is C19H25N3O8. The average molecular weight is 423 g/mol. The number of hydrogen-bond acceptors (Lipinski definition) is 7. The van der Waals surface area contributed by atoms with Crippen LogP contribution in [0, 0.1) is 0 Å². The van der Waals surface area contributed by atoms with Gasteiger partial charge in [-0.25, -0.2) is 14.4 Å². The lowest BCUT2D eigenvalue weighted by atomic mass is 10.1. The molecule has 1 aromatic rings. The van der Waals surface area contributed by atoms with E-state index < -0.39 is 60.6 Å². The number of carboxylic acid groups (broad SMARTS) is 1. The number of esters is 1. The van der Waals surface area contributed by atoms with Crippen LogP contribution in [0.25, 0.3) is 0 Å². The molecule has 11 nitrogen and oxygen atoms in total. The van der Waals surface area contributed by atoms with Crippen molar-refractivity contribution in [1.29, 1.82) is 0 Å². The molecule has 0 aliphatic carbocycles. The molecule has 30 heavy (non-hydrogen) atoms. The van der Waals surface area contributed by atoms with Crippen molar-refractivity contribution in [1.82, 2.24) is 10.6 Å². The van der Waals surface area contributed by atoms with E-state index >= 15 is 0 Å². The molecule has 2 atom stereocenters. The molecule has 0 aromatic heterocycles. The van der Waals surface area contributed by atoms with E-state index in [1.54, 1.807) is 39.0 Å². The molecule has 164 valence electrons. The predicted octanol–water partition coefficient (Wildman–Crippen LogP) is 0.182. The van der Waals surface area contributed by atoms with E-state index in [4.69, 9.17) is 15.2 Å². The number of alkyl carbamates (subject to hydrolysis) is 1. The molecule has 0 spiro atoms. The molecule has 1 rings (SSSR count). The molecule has 0 aliphatic rings. The number of carbonyl (C=O) groups excluding carboxylic acids is 4. The van der Waals surface area contributed by atoms with E-state index in [0.717, 1.165) is 0 Å². The summed E-state index contributed by atoms with van der Waals surface area (Å²) < 4.78 is 9.92. The minimum Gasteiger partial charge on any atom is -0.478 e. The minimum absolute atomic E-state index is 0.133. The highest BCUT2D eigenvalue weighted by Crippen LogP contribution is 2.08. The summed E-state index contributed by atoms with van der Waals surface area (Å²) in [6.07, 6.45) is -3.21. The second kappa shape index (κ2) is 10.8. The van der Waals surface area contributed by atoms with Crippen LogP contribution in [-0.4, -0.2) is 59.2 Å². The standard InChI is InChI=1S/C19H25N3O8/c1-19(2,3)30-18(28)22-12(9-14(20)23)15(24)21-10-13(16(25)26)29-17(27)11-7-5-4-6-8-11/h4-8,12-13H,9-10H2,1-3H3,(H2,20,23)(H,21,24)(H,22,28)(H,25,26)/t12-,13+/m0/s1. The lowest BCUT2D eigenvalue weighted by molar-refractivity contribution is -0.147. The Morgan fingerprint density at radius 3 is 2.20 bits per heavy atom. The van der Waals surface area contributed by atoms with Crippen molar-refractivity contribution in [3.63, 3.8) is 0 Å². The summed E-state index contributed by atoms with van der Waals surface area (Å²) in [7, 11) is 0. The Morgan fingerprint density at radius 1 is 1.10 bits per heavy atom. The summed E-state index contributed by atoms with van der Waals surface area (Å²) in [5, 5.41) is 13.7. The summed E-state index contributed by atoms with van der Waals surface area (Å²) >= 11 is 0. The third-order valence-corrected chi connectivity index (χ3v) is 3.41. The van der Waals surface area contributed by atoms with Crippen molar-refractivity contribution in [2.75, 3.05) is 6.54 Å². The molecule has 0 radical (unpaired) electrons. The Kier molecular flexibility index (Phi) is 8.78. The topological polar surface area (TPSA) is 174 Å². The number of ether oxygens (including phenoxy) is 2. The highest BCUT2D eigenvalue weighted by Gasteiger charge is 2.29. The molecule has 3 amide bonds. The number of primary amides is 1. The number of amides is 3. The fraction of sp³-hybridized carbons (Fsp3) is 0.421. The largest absolute Gasteiger partial charge is 0.478 e. The maximum atomic E-state index is 12.3. The Hall–Kier alpha value is -3.63. The zero-order chi connectivity index (χ0) is 22.9. The highest BCUT2D eigenvalue weighted by molar-refractivity contribution is 5.92. The Labute approximate surface area is 172 Å². The zero-order valence-electron chi connectivity index (χ0n) is 16.8. The van der Waals surface area contributed by atoms with Gasteiger partial charge in [0.15, 0.2) is 0 Å². The van der Waals surface area contributed by atoms with Crippen LogP contribution in [0.3, 0.4) is 0 Å². The normalized spacial score (nSPS) is 12.8. The van der Waals surface area contributed by atoms with E-state index in [1.165, 1.54) is 12.1 Å². The van der Waals surface area contributed by atoms with Crippen molar-refractivity contribution in [2.24, 2.45) is 5.73 Å². The van der Waals surface area contributed by atoms with Crippen molar-refractivity contribution in [2.45, 2.75) is 44.9 Å². The first-order valence-electron chi connectivity index (χ1n) is 8.93. The number of nitrogens with two attached hydrogens (primary N) is 1.